The summed E-state index contributed by atoms with van der Waals surface area (Å²) in [6.45, 7) is 5.18. The Bertz CT molecular complexity index is 758. The zero-order valence-corrected chi connectivity index (χ0v) is 15.2. The van der Waals surface area contributed by atoms with Gasteiger partial charge in [-0.1, -0.05) is 23.7 Å². The lowest BCUT2D eigenvalue weighted by Gasteiger charge is -2.25. The maximum Gasteiger partial charge on any atom is 0.263 e. The third-order valence-electron chi connectivity index (χ3n) is 3.43. The van der Waals surface area contributed by atoms with Gasteiger partial charge in [0, 0.05) is 24.2 Å². The SMILES string of the molecule is CC(=O)Nc1cccc(CNC(=O)C(C)(C)Oc2ccc(Cl)cc2)c1. The lowest BCUT2D eigenvalue weighted by Crippen LogP contribution is -2.46. The highest BCUT2D eigenvalue weighted by Crippen LogP contribution is 2.21. The molecule has 0 atom stereocenters. The van der Waals surface area contributed by atoms with Crippen LogP contribution in [0.2, 0.25) is 5.02 Å². The van der Waals surface area contributed by atoms with E-state index in [1.165, 1.54) is 6.92 Å². The molecule has 0 aliphatic rings. The molecule has 0 spiro atoms. The molecule has 132 valence electrons. The Morgan fingerprint density at radius 1 is 1.12 bits per heavy atom. The summed E-state index contributed by atoms with van der Waals surface area (Å²) in [6.07, 6.45) is 0. The Labute approximate surface area is 152 Å². The quantitative estimate of drug-likeness (QED) is 0.823. The first-order valence-electron chi connectivity index (χ1n) is 7.86. The van der Waals surface area contributed by atoms with Crippen LogP contribution >= 0.6 is 11.6 Å². The molecule has 0 fully saturated rings. The Kier molecular flexibility index (Phi) is 6.04. The van der Waals surface area contributed by atoms with E-state index in [4.69, 9.17) is 16.3 Å². The number of ether oxygens (including phenoxy) is 1. The second-order valence-electron chi connectivity index (χ2n) is 6.13. The zero-order valence-electron chi connectivity index (χ0n) is 14.4. The van der Waals surface area contributed by atoms with E-state index in [0.717, 1.165) is 5.56 Å². The molecule has 0 saturated heterocycles. The largest absolute Gasteiger partial charge is 0.478 e. The predicted octanol–water partition coefficient (Wildman–Crippen LogP) is 3.77. The summed E-state index contributed by atoms with van der Waals surface area (Å²) in [4.78, 5) is 23.6. The van der Waals surface area contributed by atoms with Gasteiger partial charge in [-0.05, 0) is 55.8 Å². The molecule has 0 aromatic heterocycles. The maximum atomic E-state index is 12.4. The van der Waals surface area contributed by atoms with Crippen molar-refractivity contribution in [2.75, 3.05) is 5.32 Å². The first-order chi connectivity index (χ1) is 11.8. The fraction of sp³-hybridized carbons (Fsp3) is 0.263. The molecule has 0 radical (unpaired) electrons. The van der Waals surface area contributed by atoms with Crippen LogP contribution in [0.5, 0.6) is 5.75 Å². The summed E-state index contributed by atoms with van der Waals surface area (Å²) in [5.41, 5.74) is 0.529. The topological polar surface area (TPSA) is 67.4 Å². The van der Waals surface area contributed by atoms with E-state index in [-0.39, 0.29) is 11.8 Å². The van der Waals surface area contributed by atoms with Crippen LogP contribution in [0.15, 0.2) is 48.5 Å². The average Bonchev–Trinajstić information content (AvgIpc) is 2.54. The molecule has 5 nitrogen and oxygen atoms in total. The number of hydrogen-bond acceptors (Lipinski definition) is 3. The van der Waals surface area contributed by atoms with Crippen molar-refractivity contribution < 1.29 is 14.3 Å². The lowest BCUT2D eigenvalue weighted by atomic mass is 10.1. The molecule has 0 bridgehead atoms. The molecular formula is C19H21ClN2O3. The van der Waals surface area contributed by atoms with Crippen molar-refractivity contribution in [1.29, 1.82) is 0 Å². The monoisotopic (exact) mass is 360 g/mol. The van der Waals surface area contributed by atoms with Gasteiger partial charge in [-0.25, -0.2) is 0 Å². The van der Waals surface area contributed by atoms with Gasteiger partial charge in [-0.3, -0.25) is 9.59 Å². The van der Waals surface area contributed by atoms with Crippen molar-refractivity contribution >= 4 is 29.1 Å². The van der Waals surface area contributed by atoms with Crippen LogP contribution in [0, 0.1) is 0 Å². The number of carbonyl (C=O) groups excluding carboxylic acids is 2. The van der Waals surface area contributed by atoms with Crippen molar-refractivity contribution in [3.63, 3.8) is 0 Å². The Morgan fingerprint density at radius 2 is 1.80 bits per heavy atom. The van der Waals surface area contributed by atoms with Crippen LogP contribution < -0.4 is 15.4 Å². The molecule has 0 unspecified atom stereocenters. The van der Waals surface area contributed by atoms with E-state index in [1.807, 2.05) is 18.2 Å². The van der Waals surface area contributed by atoms with Crippen LogP contribution in [0.1, 0.15) is 26.3 Å². The highest BCUT2D eigenvalue weighted by molar-refractivity contribution is 6.30. The molecule has 0 heterocycles. The number of nitrogens with one attached hydrogen (secondary N) is 2. The van der Waals surface area contributed by atoms with E-state index < -0.39 is 5.60 Å². The molecular weight excluding hydrogens is 340 g/mol. The first-order valence-corrected chi connectivity index (χ1v) is 8.23. The Hall–Kier alpha value is -2.53. The summed E-state index contributed by atoms with van der Waals surface area (Å²) in [7, 11) is 0. The summed E-state index contributed by atoms with van der Waals surface area (Å²) in [5.74, 6) is 0.184. The van der Waals surface area contributed by atoms with E-state index in [1.54, 1.807) is 44.2 Å². The first kappa shape index (κ1) is 18.8. The number of carbonyl (C=O) groups is 2. The standard InChI is InChI=1S/C19H21ClN2O3/c1-13(23)22-16-6-4-5-14(11-16)12-21-18(24)19(2,3)25-17-9-7-15(20)8-10-17/h4-11H,12H2,1-3H3,(H,21,24)(H,22,23). The van der Waals surface area contributed by atoms with Gasteiger partial charge in [-0.2, -0.15) is 0 Å². The van der Waals surface area contributed by atoms with Crippen molar-refractivity contribution in [1.82, 2.24) is 5.32 Å². The summed E-state index contributed by atoms with van der Waals surface area (Å²) < 4.78 is 5.76. The molecule has 0 aliphatic heterocycles. The van der Waals surface area contributed by atoms with Gasteiger partial charge < -0.3 is 15.4 Å². The van der Waals surface area contributed by atoms with Gasteiger partial charge in [0.05, 0.1) is 0 Å². The molecule has 2 N–H and O–H groups in total. The van der Waals surface area contributed by atoms with Gasteiger partial charge >= 0.3 is 0 Å². The smallest absolute Gasteiger partial charge is 0.263 e. The van der Waals surface area contributed by atoms with Crippen LogP contribution in [-0.2, 0) is 16.1 Å². The third kappa shape index (κ3) is 5.80. The number of benzene rings is 2. The molecule has 2 aromatic carbocycles. The molecule has 0 saturated carbocycles. The van der Waals surface area contributed by atoms with Crippen molar-refractivity contribution in [3.8, 4) is 5.75 Å². The molecule has 25 heavy (non-hydrogen) atoms. The van der Waals surface area contributed by atoms with Gasteiger partial charge in [0.2, 0.25) is 5.91 Å². The second-order valence-corrected chi connectivity index (χ2v) is 6.57. The minimum atomic E-state index is -1.04. The number of amides is 2. The highest BCUT2D eigenvalue weighted by Gasteiger charge is 2.29. The normalized spacial score (nSPS) is 10.9. The van der Waals surface area contributed by atoms with Gasteiger partial charge in [0.25, 0.3) is 5.91 Å². The fourth-order valence-electron chi connectivity index (χ4n) is 2.20. The number of rotatable bonds is 6. The minimum absolute atomic E-state index is 0.140. The Morgan fingerprint density at radius 3 is 2.44 bits per heavy atom. The van der Waals surface area contributed by atoms with Crippen molar-refractivity contribution in [2.45, 2.75) is 32.9 Å². The third-order valence-corrected chi connectivity index (χ3v) is 3.69. The number of halogens is 1. The molecule has 2 aromatic rings. The van der Waals surface area contributed by atoms with E-state index in [9.17, 15) is 9.59 Å². The van der Waals surface area contributed by atoms with Gasteiger partial charge in [0.15, 0.2) is 5.60 Å². The zero-order chi connectivity index (χ0) is 18.4. The molecule has 2 amide bonds. The maximum absolute atomic E-state index is 12.4. The lowest BCUT2D eigenvalue weighted by molar-refractivity contribution is -0.134. The average molecular weight is 361 g/mol. The molecule has 6 heteroatoms. The predicted molar refractivity (Wildman–Crippen MR) is 98.8 cm³/mol. The fourth-order valence-corrected chi connectivity index (χ4v) is 2.33. The highest BCUT2D eigenvalue weighted by atomic mass is 35.5. The Balaban J connectivity index is 1.96. The van der Waals surface area contributed by atoms with Crippen molar-refractivity contribution in [3.05, 3.63) is 59.1 Å². The summed E-state index contributed by atoms with van der Waals surface area (Å²) in [5, 5.41) is 6.17. The summed E-state index contributed by atoms with van der Waals surface area (Å²) in [6, 6.07) is 14.1. The van der Waals surface area contributed by atoms with E-state index >= 15 is 0 Å². The van der Waals surface area contributed by atoms with Crippen molar-refractivity contribution in [2.24, 2.45) is 0 Å². The van der Waals surface area contributed by atoms with Crippen LogP contribution in [0.25, 0.3) is 0 Å². The molecule has 0 aliphatic carbocycles. The van der Waals surface area contributed by atoms with E-state index in [2.05, 4.69) is 10.6 Å². The number of anilines is 1. The number of hydrogen-bond donors (Lipinski definition) is 2. The summed E-state index contributed by atoms with van der Waals surface area (Å²) >= 11 is 5.85. The van der Waals surface area contributed by atoms with Crippen LogP contribution in [0.3, 0.4) is 0 Å². The van der Waals surface area contributed by atoms with Gasteiger partial charge in [0.1, 0.15) is 5.75 Å². The molecule has 2 rings (SSSR count). The van der Waals surface area contributed by atoms with Crippen LogP contribution in [0.4, 0.5) is 5.69 Å². The van der Waals surface area contributed by atoms with E-state index in [0.29, 0.717) is 23.0 Å². The second kappa shape index (κ2) is 8.03. The minimum Gasteiger partial charge on any atom is -0.478 e. The van der Waals surface area contributed by atoms with Gasteiger partial charge in [-0.15, -0.1) is 0 Å². The van der Waals surface area contributed by atoms with Crippen LogP contribution in [-0.4, -0.2) is 17.4 Å².